The average molecular weight is 264 g/mol. The minimum Gasteiger partial charge on any atom is -0.493 e. The number of rotatable bonds is 9. The molecule has 0 heterocycles. The molecule has 1 fully saturated rings. The summed E-state index contributed by atoms with van der Waals surface area (Å²) in [4.78, 5) is 0. The van der Waals surface area contributed by atoms with E-state index in [4.69, 9.17) is 14.2 Å². The fraction of sp³-hybridized carbons (Fsp3) is 0.625. The number of ether oxygens (including phenoxy) is 3. The summed E-state index contributed by atoms with van der Waals surface area (Å²) in [5.74, 6) is 2.55. The summed E-state index contributed by atoms with van der Waals surface area (Å²) in [5.41, 5.74) is 1.27. The minimum atomic E-state index is 0.784. The Kier molecular flexibility index (Phi) is 5.52. The maximum atomic E-state index is 5.65. The van der Waals surface area contributed by atoms with Gasteiger partial charge in [-0.05, 0) is 42.9 Å². The van der Waals surface area contributed by atoms with Gasteiger partial charge in [0.15, 0.2) is 11.5 Å². The van der Waals surface area contributed by atoms with E-state index in [1.54, 1.807) is 14.2 Å². The van der Waals surface area contributed by atoms with E-state index in [-0.39, 0.29) is 0 Å². The van der Waals surface area contributed by atoms with Gasteiger partial charge in [0.1, 0.15) is 0 Å². The average Bonchev–Trinajstić information content (AvgIpc) is 3.26. The van der Waals surface area contributed by atoms with Crippen LogP contribution < -0.4 is 9.47 Å². The van der Waals surface area contributed by atoms with E-state index < -0.39 is 0 Å². The van der Waals surface area contributed by atoms with Gasteiger partial charge in [-0.15, -0.1) is 0 Å². The van der Waals surface area contributed by atoms with Crippen LogP contribution in [0.1, 0.15) is 31.2 Å². The third-order valence-corrected chi connectivity index (χ3v) is 3.57. The van der Waals surface area contributed by atoms with E-state index in [1.807, 2.05) is 12.1 Å². The lowest BCUT2D eigenvalue weighted by Crippen LogP contribution is -2.00. The largest absolute Gasteiger partial charge is 0.493 e. The van der Waals surface area contributed by atoms with Crippen molar-refractivity contribution in [3.05, 3.63) is 23.8 Å². The summed E-state index contributed by atoms with van der Waals surface area (Å²) in [6.07, 6.45) is 6.14. The predicted octanol–water partition coefficient (Wildman–Crippen LogP) is 3.45. The number of methoxy groups -OCH3 is 2. The van der Waals surface area contributed by atoms with Gasteiger partial charge in [0, 0.05) is 13.2 Å². The Morgan fingerprint density at radius 1 is 1.05 bits per heavy atom. The standard InChI is InChI=1S/C16H24O3/c1-17-15-8-7-14(12-16(15)18-2)4-3-10-19-11-9-13-5-6-13/h7-8,12-13H,3-6,9-11H2,1-2H3. The highest BCUT2D eigenvalue weighted by molar-refractivity contribution is 5.42. The maximum Gasteiger partial charge on any atom is 0.160 e. The molecule has 19 heavy (non-hydrogen) atoms. The molecule has 0 atom stereocenters. The van der Waals surface area contributed by atoms with Gasteiger partial charge in [-0.3, -0.25) is 0 Å². The first kappa shape index (κ1) is 14.2. The molecule has 0 spiro atoms. The molecule has 2 rings (SSSR count). The van der Waals surface area contributed by atoms with Gasteiger partial charge < -0.3 is 14.2 Å². The first-order valence-corrected chi connectivity index (χ1v) is 7.12. The number of benzene rings is 1. The van der Waals surface area contributed by atoms with Gasteiger partial charge in [0.2, 0.25) is 0 Å². The lowest BCUT2D eigenvalue weighted by atomic mass is 10.1. The molecule has 1 saturated carbocycles. The zero-order chi connectivity index (χ0) is 13.5. The van der Waals surface area contributed by atoms with Crippen molar-refractivity contribution in [2.75, 3.05) is 27.4 Å². The van der Waals surface area contributed by atoms with Gasteiger partial charge >= 0.3 is 0 Å². The summed E-state index contributed by atoms with van der Waals surface area (Å²) >= 11 is 0. The van der Waals surface area contributed by atoms with Gasteiger partial charge in [-0.25, -0.2) is 0 Å². The van der Waals surface area contributed by atoms with E-state index in [0.29, 0.717) is 0 Å². The van der Waals surface area contributed by atoms with Crippen molar-refractivity contribution >= 4 is 0 Å². The Hall–Kier alpha value is -1.22. The molecule has 0 N–H and O–H groups in total. The van der Waals surface area contributed by atoms with Crippen molar-refractivity contribution in [1.29, 1.82) is 0 Å². The molecule has 0 aliphatic heterocycles. The lowest BCUT2D eigenvalue weighted by Gasteiger charge is -2.09. The Morgan fingerprint density at radius 2 is 1.84 bits per heavy atom. The van der Waals surface area contributed by atoms with Crippen LogP contribution in [0.5, 0.6) is 11.5 Å². The van der Waals surface area contributed by atoms with Crippen molar-refractivity contribution < 1.29 is 14.2 Å². The maximum absolute atomic E-state index is 5.65. The Balaban J connectivity index is 1.66. The normalized spacial score (nSPS) is 14.4. The highest BCUT2D eigenvalue weighted by atomic mass is 16.5. The molecule has 0 amide bonds. The Morgan fingerprint density at radius 3 is 2.53 bits per heavy atom. The molecule has 0 unspecified atom stereocenters. The molecule has 1 aliphatic carbocycles. The van der Waals surface area contributed by atoms with Crippen LogP contribution in [-0.2, 0) is 11.2 Å². The molecular formula is C16H24O3. The van der Waals surface area contributed by atoms with Crippen LogP contribution >= 0.6 is 0 Å². The van der Waals surface area contributed by atoms with Gasteiger partial charge in [0.25, 0.3) is 0 Å². The molecule has 1 aromatic carbocycles. The molecule has 1 aromatic rings. The topological polar surface area (TPSA) is 27.7 Å². The zero-order valence-corrected chi connectivity index (χ0v) is 12.0. The molecule has 3 nitrogen and oxygen atoms in total. The second-order valence-electron chi connectivity index (χ2n) is 5.14. The molecular weight excluding hydrogens is 240 g/mol. The summed E-state index contributed by atoms with van der Waals surface area (Å²) < 4.78 is 16.2. The van der Waals surface area contributed by atoms with E-state index in [2.05, 4.69) is 6.07 Å². The first-order valence-electron chi connectivity index (χ1n) is 7.12. The quantitative estimate of drug-likeness (QED) is 0.639. The summed E-state index contributed by atoms with van der Waals surface area (Å²) in [7, 11) is 3.33. The van der Waals surface area contributed by atoms with Crippen LogP contribution in [0.15, 0.2) is 18.2 Å². The van der Waals surface area contributed by atoms with Crippen LogP contribution in [0, 0.1) is 5.92 Å². The second-order valence-corrected chi connectivity index (χ2v) is 5.14. The molecule has 3 heteroatoms. The van der Waals surface area contributed by atoms with Crippen molar-refractivity contribution in [3.63, 3.8) is 0 Å². The summed E-state index contributed by atoms with van der Waals surface area (Å²) in [6.45, 7) is 1.78. The monoisotopic (exact) mass is 264 g/mol. The summed E-state index contributed by atoms with van der Waals surface area (Å²) in [5, 5.41) is 0. The second kappa shape index (κ2) is 7.39. The van der Waals surface area contributed by atoms with E-state index in [9.17, 15) is 0 Å². The lowest BCUT2D eigenvalue weighted by molar-refractivity contribution is 0.126. The molecule has 0 bridgehead atoms. The van der Waals surface area contributed by atoms with Gasteiger partial charge in [-0.1, -0.05) is 18.9 Å². The first-order chi connectivity index (χ1) is 9.33. The Labute approximate surface area is 115 Å². The highest BCUT2D eigenvalue weighted by Gasteiger charge is 2.20. The third-order valence-electron chi connectivity index (χ3n) is 3.57. The zero-order valence-electron chi connectivity index (χ0n) is 12.0. The fourth-order valence-electron chi connectivity index (χ4n) is 2.17. The van der Waals surface area contributed by atoms with E-state index in [0.717, 1.165) is 43.5 Å². The molecule has 0 aromatic heterocycles. The SMILES string of the molecule is COc1ccc(CCCOCCC2CC2)cc1OC. The fourth-order valence-corrected chi connectivity index (χ4v) is 2.17. The van der Waals surface area contributed by atoms with Crippen molar-refractivity contribution in [2.24, 2.45) is 5.92 Å². The smallest absolute Gasteiger partial charge is 0.160 e. The number of aryl methyl sites for hydroxylation is 1. The van der Waals surface area contributed by atoms with Gasteiger partial charge in [0.05, 0.1) is 14.2 Å². The van der Waals surface area contributed by atoms with Crippen LogP contribution in [0.3, 0.4) is 0 Å². The third kappa shape index (κ3) is 4.75. The molecule has 106 valence electrons. The van der Waals surface area contributed by atoms with Crippen LogP contribution in [0.2, 0.25) is 0 Å². The minimum absolute atomic E-state index is 0.784. The van der Waals surface area contributed by atoms with Crippen molar-refractivity contribution in [2.45, 2.75) is 32.1 Å². The predicted molar refractivity (Wildman–Crippen MR) is 76.0 cm³/mol. The van der Waals surface area contributed by atoms with Crippen LogP contribution in [0.4, 0.5) is 0 Å². The van der Waals surface area contributed by atoms with Crippen LogP contribution in [0.25, 0.3) is 0 Å². The van der Waals surface area contributed by atoms with Crippen molar-refractivity contribution in [3.8, 4) is 11.5 Å². The molecule has 1 aliphatic rings. The Bertz CT molecular complexity index is 386. The van der Waals surface area contributed by atoms with Gasteiger partial charge in [-0.2, -0.15) is 0 Å². The number of hydrogen-bond donors (Lipinski definition) is 0. The number of hydrogen-bond acceptors (Lipinski definition) is 3. The molecule has 0 saturated heterocycles. The molecule has 0 radical (unpaired) electrons. The van der Waals surface area contributed by atoms with Crippen LogP contribution in [-0.4, -0.2) is 27.4 Å². The van der Waals surface area contributed by atoms with E-state index in [1.165, 1.54) is 24.8 Å². The van der Waals surface area contributed by atoms with E-state index >= 15 is 0 Å². The van der Waals surface area contributed by atoms with Crippen molar-refractivity contribution in [1.82, 2.24) is 0 Å². The summed E-state index contributed by atoms with van der Waals surface area (Å²) in [6, 6.07) is 6.09. The highest BCUT2D eigenvalue weighted by Crippen LogP contribution is 2.32.